The number of amides is 1. The lowest BCUT2D eigenvalue weighted by Gasteiger charge is -2.15. The molecular weight excluding hydrogens is 308 g/mol. The highest BCUT2D eigenvalue weighted by Gasteiger charge is 2.17. The molecule has 0 unspecified atom stereocenters. The van der Waals surface area contributed by atoms with Crippen molar-refractivity contribution in [2.45, 2.75) is 44.6 Å². The number of nitrogens with zero attached hydrogens (tertiary/aromatic N) is 2. The largest absolute Gasteiger partial charge is 0.490 e. The summed E-state index contributed by atoms with van der Waals surface area (Å²) < 4.78 is 6.03. The van der Waals surface area contributed by atoms with Crippen LogP contribution in [-0.4, -0.2) is 24.0 Å². The molecule has 1 amide bonds. The monoisotopic (exact) mass is 330 g/mol. The van der Waals surface area contributed by atoms with E-state index in [-0.39, 0.29) is 5.91 Å². The molecule has 1 aliphatic rings. The molecule has 0 radical (unpaired) electrons. The highest BCUT2D eigenvalue weighted by atomic mass is 32.1. The van der Waals surface area contributed by atoms with Crippen molar-refractivity contribution in [3.05, 3.63) is 41.4 Å². The summed E-state index contributed by atoms with van der Waals surface area (Å²) in [6.07, 6.45) is 8.11. The van der Waals surface area contributed by atoms with Gasteiger partial charge in [-0.1, -0.05) is 12.1 Å². The number of ether oxygens (including phenoxy) is 1. The highest BCUT2D eigenvalue weighted by molar-refractivity contribution is 7.13. The van der Waals surface area contributed by atoms with E-state index in [2.05, 4.69) is 17.1 Å². The first-order valence-electron chi connectivity index (χ1n) is 8.14. The molecule has 1 fully saturated rings. The molecule has 0 atom stereocenters. The van der Waals surface area contributed by atoms with Crippen LogP contribution in [0.15, 0.2) is 35.8 Å². The smallest absolute Gasteiger partial charge is 0.228 e. The van der Waals surface area contributed by atoms with Gasteiger partial charge in [-0.25, -0.2) is 4.98 Å². The molecule has 1 aromatic carbocycles. The molecule has 5 heteroatoms. The van der Waals surface area contributed by atoms with Crippen LogP contribution in [0.3, 0.4) is 0 Å². The number of thiazole rings is 1. The van der Waals surface area contributed by atoms with Gasteiger partial charge in [0.1, 0.15) is 5.75 Å². The van der Waals surface area contributed by atoms with Gasteiger partial charge in [-0.15, -0.1) is 11.3 Å². The number of anilines is 1. The molecule has 3 rings (SSSR count). The standard InChI is InChI=1S/C18H22N2O2S/c1-20(18-19-11-12-23-18)17(21)10-9-14-5-4-8-16(13-14)22-15-6-2-3-7-15/h4-5,8,11-13,15H,2-3,6-7,9-10H2,1H3. The Morgan fingerprint density at radius 3 is 2.96 bits per heavy atom. The minimum absolute atomic E-state index is 0.0852. The van der Waals surface area contributed by atoms with Crippen LogP contribution in [0.5, 0.6) is 5.75 Å². The average Bonchev–Trinajstić information content (AvgIpc) is 3.25. The van der Waals surface area contributed by atoms with Crippen molar-refractivity contribution >= 4 is 22.4 Å². The molecule has 0 aliphatic heterocycles. The Kier molecular flexibility index (Phi) is 5.28. The van der Waals surface area contributed by atoms with Crippen molar-refractivity contribution < 1.29 is 9.53 Å². The number of carbonyl (C=O) groups is 1. The molecule has 0 saturated heterocycles. The van der Waals surface area contributed by atoms with E-state index in [1.54, 1.807) is 18.1 Å². The Hall–Kier alpha value is -1.88. The number of rotatable bonds is 6. The van der Waals surface area contributed by atoms with Crippen LogP contribution in [-0.2, 0) is 11.2 Å². The Labute approximate surface area is 141 Å². The molecule has 0 bridgehead atoms. The first kappa shape index (κ1) is 16.0. The third kappa shape index (κ3) is 4.32. The van der Waals surface area contributed by atoms with Gasteiger partial charge in [0.2, 0.25) is 5.91 Å². The molecule has 0 spiro atoms. The summed E-state index contributed by atoms with van der Waals surface area (Å²) in [5.74, 6) is 1.01. The summed E-state index contributed by atoms with van der Waals surface area (Å²) in [7, 11) is 1.78. The molecule has 1 aromatic heterocycles. The van der Waals surface area contributed by atoms with Crippen molar-refractivity contribution in [1.29, 1.82) is 0 Å². The second-order valence-electron chi connectivity index (χ2n) is 5.94. The first-order chi connectivity index (χ1) is 11.2. The quantitative estimate of drug-likeness (QED) is 0.802. The van der Waals surface area contributed by atoms with Gasteiger partial charge in [0.25, 0.3) is 0 Å². The van der Waals surface area contributed by atoms with E-state index >= 15 is 0 Å². The van der Waals surface area contributed by atoms with Crippen LogP contribution < -0.4 is 9.64 Å². The van der Waals surface area contributed by atoms with E-state index in [0.29, 0.717) is 12.5 Å². The molecule has 4 nitrogen and oxygen atoms in total. The molecular formula is C18H22N2O2S. The summed E-state index contributed by atoms with van der Waals surface area (Å²) in [5, 5.41) is 2.62. The Bertz CT molecular complexity index is 636. The summed E-state index contributed by atoms with van der Waals surface area (Å²) in [6, 6.07) is 8.13. The number of hydrogen-bond acceptors (Lipinski definition) is 4. The normalized spacial score (nSPS) is 14.8. The molecule has 2 aromatic rings. The van der Waals surface area contributed by atoms with Crippen LogP contribution in [0.2, 0.25) is 0 Å². The summed E-state index contributed by atoms with van der Waals surface area (Å²) in [4.78, 5) is 18.0. The van der Waals surface area contributed by atoms with E-state index < -0.39 is 0 Å². The molecule has 1 heterocycles. The minimum Gasteiger partial charge on any atom is -0.490 e. The van der Waals surface area contributed by atoms with Gasteiger partial charge in [0, 0.05) is 25.0 Å². The number of benzene rings is 1. The number of carbonyl (C=O) groups excluding carboxylic acids is 1. The summed E-state index contributed by atoms with van der Waals surface area (Å²) in [6.45, 7) is 0. The van der Waals surface area contributed by atoms with Gasteiger partial charge in [-0.3, -0.25) is 9.69 Å². The summed E-state index contributed by atoms with van der Waals surface area (Å²) in [5.41, 5.74) is 1.14. The van der Waals surface area contributed by atoms with Crippen molar-refractivity contribution in [2.75, 3.05) is 11.9 Å². The maximum Gasteiger partial charge on any atom is 0.228 e. The average molecular weight is 330 g/mol. The van der Waals surface area contributed by atoms with Gasteiger partial charge >= 0.3 is 0 Å². The Morgan fingerprint density at radius 1 is 1.39 bits per heavy atom. The van der Waals surface area contributed by atoms with Gasteiger partial charge in [-0.05, 0) is 49.8 Å². The molecule has 122 valence electrons. The van der Waals surface area contributed by atoms with E-state index in [1.807, 2.05) is 17.5 Å². The topological polar surface area (TPSA) is 42.4 Å². The SMILES string of the molecule is CN(C(=O)CCc1cccc(OC2CCCC2)c1)c1nccs1. The fraction of sp³-hybridized carbons (Fsp3) is 0.444. The van der Waals surface area contributed by atoms with Gasteiger partial charge in [0.05, 0.1) is 6.10 Å². The van der Waals surface area contributed by atoms with Gasteiger partial charge in [0.15, 0.2) is 5.13 Å². The van der Waals surface area contributed by atoms with Crippen LogP contribution in [0, 0.1) is 0 Å². The van der Waals surface area contributed by atoms with E-state index in [0.717, 1.165) is 35.7 Å². The fourth-order valence-corrected chi connectivity index (χ4v) is 3.51. The van der Waals surface area contributed by atoms with Crippen LogP contribution in [0.25, 0.3) is 0 Å². The maximum atomic E-state index is 12.2. The predicted molar refractivity (Wildman–Crippen MR) is 93.2 cm³/mol. The zero-order chi connectivity index (χ0) is 16.1. The molecule has 1 saturated carbocycles. The second kappa shape index (κ2) is 7.59. The maximum absolute atomic E-state index is 12.2. The third-order valence-electron chi connectivity index (χ3n) is 4.21. The minimum atomic E-state index is 0.0852. The fourth-order valence-electron chi connectivity index (χ4n) is 2.88. The van der Waals surface area contributed by atoms with E-state index in [4.69, 9.17) is 4.74 Å². The zero-order valence-corrected chi connectivity index (χ0v) is 14.2. The summed E-state index contributed by atoms with van der Waals surface area (Å²) >= 11 is 1.48. The van der Waals surface area contributed by atoms with Crippen LogP contribution >= 0.6 is 11.3 Å². The van der Waals surface area contributed by atoms with Crippen molar-refractivity contribution in [3.8, 4) is 5.75 Å². The highest BCUT2D eigenvalue weighted by Crippen LogP contribution is 2.25. The van der Waals surface area contributed by atoms with Gasteiger partial charge < -0.3 is 4.74 Å². The van der Waals surface area contributed by atoms with Crippen LogP contribution in [0.4, 0.5) is 5.13 Å². The molecule has 1 aliphatic carbocycles. The van der Waals surface area contributed by atoms with E-state index in [1.165, 1.54) is 24.2 Å². The number of aryl methyl sites for hydroxylation is 1. The third-order valence-corrected chi connectivity index (χ3v) is 5.06. The van der Waals surface area contributed by atoms with Crippen molar-refractivity contribution in [3.63, 3.8) is 0 Å². The lowest BCUT2D eigenvalue weighted by molar-refractivity contribution is -0.118. The van der Waals surface area contributed by atoms with Gasteiger partial charge in [-0.2, -0.15) is 0 Å². The predicted octanol–water partition coefficient (Wildman–Crippen LogP) is 4.06. The van der Waals surface area contributed by atoms with Crippen molar-refractivity contribution in [1.82, 2.24) is 4.98 Å². The first-order valence-corrected chi connectivity index (χ1v) is 9.02. The molecule has 23 heavy (non-hydrogen) atoms. The van der Waals surface area contributed by atoms with Crippen LogP contribution in [0.1, 0.15) is 37.7 Å². The lowest BCUT2D eigenvalue weighted by Crippen LogP contribution is -2.26. The lowest BCUT2D eigenvalue weighted by atomic mass is 10.1. The number of hydrogen-bond donors (Lipinski definition) is 0. The molecule has 0 N–H and O–H groups in total. The van der Waals surface area contributed by atoms with Crippen molar-refractivity contribution in [2.24, 2.45) is 0 Å². The Balaban J connectivity index is 1.54. The van der Waals surface area contributed by atoms with E-state index in [9.17, 15) is 4.79 Å². The Morgan fingerprint density at radius 2 is 2.22 bits per heavy atom. The number of aromatic nitrogens is 1. The zero-order valence-electron chi connectivity index (χ0n) is 13.4. The second-order valence-corrected chi connectivity index (χ2v) is 6.81.